The Balaban J connectivity index is 3.15. The summed E-state index contributed by atoms with van der Waals surface area (Å²) < 4.78 is 11.1. The lowest BCUT2D eigenvalue weighted by Crippen LogP contribution is -2.09. The van der Waals surface area contributed by atoms with Gasteiger partial charge in [-0.1, -0.05) is 25.5 Å². The van der Waals surface area contributed by atoms with Crippen LogP contribution < -0.4 is 5.30 Å². The molecule has 0 aliphatic rings. The molecule has 0 bridgehead atoms. The fourth-order valence-electron chi connectivity index (χ4n) is 1.41. The van der Waals surface area contributed by atoms with Crippen LogP contribution in [0.4, 0.5) is 0 Å². The van der Waals surface area contributed by atoms with Crippen LogP contribution in [0.25, 0.3) is 0 Å². The van der Waals surface area contributed by atoms with Crippen molar-refractivity contribution in [2.24, 2.45) is 0 Å². The maximum Gasteiger partial charge on any atom is 0.356 e. The van der Waals surface area contributed by atoms with Gasteiger partial charge in [-0.15, -0.1) is 0 Å². The molecule has 0 aromatic heterocycles. The third-order valence-electron chi connectivity index (χ3n) is 2.13. The van der Waals surface area contributed by atoms with Crippen LogP contribution in [-0.4, -0.2) is 9.79 Å². The molecule has 14 heavy (non-hydrogen) atoms. The zero-order chi connectivity index (χ0) is 10.8. The van der Waals surface area contributed by atoms with Crippen molar-refractivity contribution >= 4 is 12.9 Å². The quantitative estimate of drug-likeness (QED) is 0.753. The average molecular weight is 214 g/mol. The van der Waals surface area contributed by atoms with E-state index in [0.717, 1.165) is 18.4 Å². The van der Waals surface area contributed by atoms with Gasteiger partial charge in [-0.05, 0) is 30.5 Å². The number of aryl methyl sites for hydroxylation is 2. The molecule has 0 amide bonds. The second-order valence-corrected chi connectivity index (χ2v) is 4.98. The van der Waals surface area contributed by atoms with Crippen molar-refractivity contribution in [2.45, 2.75) is 26.7 Å². The molecule has 0 radical (unpaired) electrons. The minimum absolute atomic E-state index is 0.156. The summed E-state index contributed by atoms with van der Waals surface area (Å²) in [7, 11) is -4.11. The van der Waals surface area contributed by atoms with Crippen molar-refractivity contribution in [3.63, 3.8) is 0 Å². The van der Waals surface area contributed by atoms with Gasteiger partial charge in [-0.3, -0.25) is 4.57 Å². The lowest BCUT2D eigenvalue weighted by atomic mass is 10.1. The molecule has 2 N–H and O–H groups in total. The fourth-order valence-corrected chi connectivity index (χ4v) is 2.28. The van der Waals surface area contributed by atoms with Crippen LogP contribution in [0, 0.1) is 6.92 Å². The molecule has 0 saturated carbocycles. The summed E-state index contributed by atoms with van der Waals surface area (Å²) in [6.07, 6.45) is 1.83. The van der Waals surface area contributed by atoms with E-state index in [2.05, 4.69) is 0 Å². The third-order valence-corrected chi connectivity index (χ3v) is 3.24. The Morgan fingerprint density at radius 3 is 2.50 bits per heavy atom. The maximum absolute atomic E-state index is 11.1. The van der Waals surface area contributed by atoms with Gasteiger partial charge in [0, 0.05) is 0 Å². The van der Waals surface area contributed by atoms with Crippen LogP contribution in [0.5, 0.6) is 0 Å². The summed E-state index contributed by atoms with van der Waals surface area (Å²) in [6.45, 7) is 3.75. The first-order chi connectivity index (χ1) is 6.45. The summed E-state index contributed by atoms with van der Waals surface area (Å²) in [5.74, 6) is 0. The molecule has 0 saturated heterocycles. The molecule has 78 valence electrons. The summed E-state index contributed by atoms with van der Waals surface area (Å²) in [5, 5.41) is 0.156. The Bertz CT molecular complexity index is 368. The highest BCUT2D eigenvalue weighted by molar-refractivity contribution is 7.60. The van der Waals surface area contributed by atoms with Crippen molar-refractivity contribution in [2.75, 3.05) is 0 Å². The largest absolute Gasteiger partial charge is 0.356 e. The van der Waals surface area contributed by atoms with E-state index in [4.69, 9.17) is 9.79 Å². The Hall–Kier alpha value is -0.630. The van der Waals surface area contributed by atoms with Crippen LogP contribution in [0.3, 0.4) is 0 Å². The third kappa shape index (κ3) is 2.68. The summed E-state index contributed by atoms with van der Waals surface area (Å²) >= 11 is 0. The van der Waals surface area contributed by atoms with Crippen LogP contribution >= 0.6 is 7.60 Å². The van der Waals surface area contributed by atoms with Crippen molar-refractivity contribution in [1.82, 2.24) is 0 Å². The predicted octanol–water partition coefficient (Wildman–Crippen LogP) is 1.75. The normalized spacial score (nSPS) is 11.7. The van der Waals surface area contributed by atoms with Gasteiger partial charge in [0.15, 0.2) is 0 Å². The maximum atomic E-state index is 11.1. The Morgan fingerprint density at radius 1 is 1.36 bits per heavy atom. The monoisotopic (exact) mass is 214 g/mol. The zero-order valence-corrected chi connectivity index (χ0v) is 9.29. The lowest BCUT2D eigenvalue weighted by molar-refractivity contribution is 0.387. The molecule has 1 aromatic carbocycles. The number of hydrogen-bond acceptors (Lipinski definition) is 1. The second-order valence-electron chi connectivity index (χ2n) is 3.41. The highest BCUT2D eigenvalue weighted by atomic mass is 31.2. The zero-order valence-electron chi connectivity index (χ0n) is 8.40. The predicted molar refractivity (Wildman–Crippen MR) is 56.9 cm³/mol. The van der Waals surface area contributed by atoms with E-state index >= 15 is 0 Å². The van der Waals surface area contributed by atoms with Crippen molar-refractivity contribution in [3.8, 4) is 0 Å². The molecule has 4 heteroatoms. The smallest absolute Gasteiger partial charge is 0.321 e. The molecule has 0 heterocycles. The van der Waals surface area contributed by atoms with Gasteiger partial charge in [0.05, 0.1) is 5.30 Å². The molecule has 0 fully saturated rings. The van der Waals surface area contributed by atoms with E-state index in [0.29, 0.717) is 5.56 Å². The first-order valence-corrected chi connectivity index (χ1v) is 6.22. The van der Waals surface area contributed by atoms with Crippen LogP contribution in [0.2, 0.25) is 0 Å². The Labute approximate surface area is 83.9 Å². The first-order valence-electron chi connectivity index (χ1n) is 4.60. The van der Waals surface area contributed by atoms with Crippen molar-refractivity contribution in [1.29, 1.82) is 0 Å². The van der Waals surface area contributed by atoms with Crippen LogP contribution in [0.15, 0.2) is 18.2 Å². The molecular weight excluding hydrogens is 199 g/mol. The lowest BCUT2D eigenvalue weighted by Gasteiger charge is -2.09. The summed E-state index contributed by atoms with van der Waals surface area (Å²) in [4.78, 5) is 18.1. The topological polar surface area (TPSA) is 57.5 Å². The molecule has 0 atom stereocenters. The molecule has 1 rings (SSSR count). The van der Waals surface area contributed by atoms with Crippen LogP contribution in [0.1, 0.15) is 24.5 Å². The van der Waals surface area contributed by atoms with Crippen molar-refractivity contribution < 1.29 is 14.4 Å². The van der Waals surface area contributed by atoms with Gasteiger partial charge in [-0.2, -0.15) is 0 Å². The van der Waals surface area contributed by atoms with E-state index in [1.807, 2.05) is 13.0 Å². The average Bonchev–Trinajstić information content (AvgIpc) is 2.07. The molecule has 0 unspecified atom stereocenters. The standard InChI is InChI=1S/C10H15O3P/c1-3-4-9-6-5-8(2)10(7-9)14(11,12)13/h5-7H,3-4H2,1-2H3,(H2,11,12,13). The number of hydrogen-bond donors (Lipinski definition) is 2. The van der Waals surface area contributed by atoms with E-state index in [1.165, 1.54) is 0 Å². The van der Waals surface area contributed by atoms with E-state index in [-0.39, 0.29) is 5.30 Å². The number of rotatable bonds is 3. The van der Waals surface area contributed by atoms with Crippen molar-refractivity contribution in [3.05, 3.63) is 29.3 Å². The van der Waals surface area contributed by atoms with Gasteiger partial charge >= 0.3 is 7.60 Å². The minimum Gasteiger partial charge on any atom is -0.321 e. The minimum atomic E-state index is -4.11. The SMILES string of the molecule is CCCc1ccc(C)c(P(=O)(O)O)c1. The first kappa shape index (κ1) is 11.4. The van der Waals surface area contributed by atoms with E-state index in [9.17, 15) is 4.57 Å². The Morgan fingerprint density at radius 2 is 2.00 bits per heavy atom. The fraction of sp³-hybridized carbons (Fsp3) is 0.400. The molecule has 0 spiro atoms. The van der Waals surface area contributed by atoms with E-state index < -0.39 is 7.60 Å². The van der Waals surface area contributed by atoms with E-state index in [1.54, 1.807) is 19.1 Å². The molecule has 3 nitrogen and oxygen atoms in total. The molecule has 0 aliphatic heterocycles. The highest BCUT2D eigenvalue weighted by Crippen LogP contribution is 2.34. The Kier molecular flexibility index (Phi) is 3.48. The molecule has 1 aromatic rings. The highest BCUT2D eigenvalue weighted by Gasteiger charge is 2.19. The van der Waals surface area contributed by atoms with Crippen LogP contribution in [-0.2, 0) is 11.0 Å². The van der Waals surface area contributed by atoms with Gasteiger partial charge in [0.1, 0.15) is 0 Å². The van der Waals surface area contributed by atoms with Gasteiger partial charge < -0.3 is 9.79 Å². The summed E-state index contributed by atoms with van der Waals surface area (Å²) in [6, 6.07) is 5.29. The van der Waals surface area contributed by atoms with Gasteiger partial charge in [-0.25, -0.2) is 0 Å². The summed E-state index contributed by atoms with van der Waals surface area (Å²) in [5.41, 5.74) is 1.63. The second kappa shape index (κ2) is 4.26. The molecular formula is C10H15O3P. The van der Waals surface area contributed by atoms with Gasteiger partial charge in [0.2, 0.25) is 0 Å². The van der Waals surface area contributed by atoms with Gasteiger partial charge in [0.25, 0.3) is 0 Å². The number of benzene rings is 1. The molecule has 0 aliphatic carbocycles.